The Labute approximate surface area is 160 Å². The van der Waals surface area contributed by atoms with Gasteiger partial charge in [0, 0.05) is 13.1 Å². The Morgan fingerprint density at radius 1 is 1.11 bits per heavy atom. The third-order valence-electron chi connectivity index (χ3n) is 5.22. The zero-order chi connectivity index (χ0) is 18.5. The highest BCUT2D eigenvalue weighted by molar-refractivity contribution is 5.40. The number of hydrogen-bond acceptors (Lipinski definition) is 5. The number of piperidine rings is 1. The van der Waals surface area contributed by atoms with E-state index in [0.717, 1.165) is 36.9 Å². The van der Waals surface area contributed by atoms with Crippen molar-refractivity contribution in [2.45, 2.75) is 24.9 Å². The standard InChI is InChI=1S/C22H27NO4/c24-11-12-25-19-7-3-5-17(13-19)18-6-4-10-23(14-18)15-20-16-26-21-8-1-2-9-22(21)27-20/h1-3,5,7-9,13,18,20,24H,4,6,10-12,14-16H2. The lowest BCUT2D eigenvalue weighted by atomic mass is 9.90. The maximum Gasteiger partial charge on any atom is 0.161 e. The molecule has 2 aliphatic rings. The second-order valence-electron chi connectivity index (χ2n) is 7.24. The van der Waals surface area contributed by atoms with Gasteiger partial charge in [-0.1, -0.05) is 24.3 Å². The SMILES string of the molecule is OCCOc1cccc(C2CCCN(CC3COc4ccccc4O3)C2)c1. The molecule has 5 heteroatoms. The summed E-state index contributed by atoms with van der Waals surface area (Å²) in [7, 11) is 0. The topological polar surface area (TPSA) is 51.2 Å². The molecule has 1 saturated heterocycles. The molecule has 1 fully saturated rings. The Hall–Kier alpha value is -2.24. The minimum absolute atomic E-state index is 0.0357. The fourth-order valence-corrected chi connectivity index (χ4v) is 3.96. The van der Waals surface area contributed by atoms with Crippen LogP contribution in [-0.4, -0.2) is 55.6 Å². The van der Waals surface area contributed by atoms with Crippen molar-refractivity contribution in [1.29, 1.82) is 0 Å². The maximum atomic E-state index is 8.94. The molecule has 4 rings (SSSR count). The molecule has 2 aliphatic heterocycles. The van der Waals surface area contributed by atoms with Crippen molar-refractivity contribution in [1.82, 2.24) is 4.90 Å². The monoisotopic (exact) mass is 369 g/mol. The molecule has 2 heterocycles. The van der Waals surface area contributed by atoms with Crippen molar-refractivity contribution in [2.24, 2.45) is 0 Å². The van der Waals surface area contributed by atoms with Gasteiger partial charge >= 0.3 is 0 Å². The molecule has 0 aromatic heterocycles. The van der Waals surface area contributed by atoms with Crippen LogP contribution in [0.3, 0.4) is 0 Å². The Kier molecular flexibility index (Phi) is 5.80. The number of aliphatic hydroxyl groups excluding tert-OH is 1. The summed E-state index contributed by atoms with van der Waals surface area (Å²) in [6, 6.07) is 16.1. The predicted molar refractivity (Wildman–Crippen MR) is 104 cm³/mol. The van der Waals surface area contributed by atoms with Gasteiger partial charge in [-0.25, -0.2) is 0 Å². The van der Waals surface area contributed by atoms with E-state index in [-0.39, 0.29) is 12.7 Å². The van der Waals surface area contributed by atoms with Gasteiger partial charge in [0.1, 0.15) is 25.1 Å². The number of benzene rings is 2. The lowest BCUT2D eigenvalue weighted by Crippen LogP contribution is -2.44. The molecule has 0 spiro atoms. The third kappa shape index (κ3) is 4.54. The summed E-state index contributed by atoms with van der Waals surface area (Å²) in [5.41, 5.74) is 1.31. The van der Waals surface area contributed by atoms with Gasteiger partial charge in [0.2, 0.25) is 0 Å². The van der Waals surface area contributed by atoms with Gasteiger partial charge in [-0.3, -0.25) is 4.90 Å². The van der Waals surface area contributed by atoms with E-state index in [9.17, 15) is 0 Å². The minimum atomic E-state index is 0.0357. The van der Waals surface area contributed by atoms with Gasteiger partial charge in [-0.15, -0.1) is 0 Å². The first-order chi connectivity index (χ1) is 13.3. The molecule has 27 heavy (non-hydrogen) atoms. The number of ether oxygens (including phenoxy) is 3. The van der Waals surface area contributed by atoms with Gasteiger partial charge in [-0.2, -0.15) is 0 Å². The van der Waals surface area contributed by atoms with Crippen LogP contribution in [0.2, 0.25) is 0 Å². The van der Waals surface area contributed by atoms with Crippen molar-refractivity contribution in [2.75, 3.05) is 39.5 Å². The first-order valence-electron chi connectivity index (χ1n) is 9.76. The fourth-order valence-electron chi connectivity index (χ4n) is 3.96. The molecule has 0 amide bonds. The highest BCUT2D eigenvalue weighted by atomic mass is 16.6. The van der Waals surface area contributed by atoms with Crippen molar-refractivity contribution < 1.29 is 19.3 Å². The summed E-state index contributed by atoms with van der Waals surface area (Å²) in [5, 5.41) is 8.94. The Morgan fingerprint density at radius 2 is 2.00 bits per heavy atom. The van der Waals surface area contributed by atoms with Gasteiger partial charge < -0.3 is 19.3 Å². The molecular weight excluding hydrogens is 342 g/mol. The van der Waals surface area contributed by atoms with Gasteiger partial charge in [-0.05, 0) is 55.1 Å². The zero-order valence-electron chi connectivity index (χ0n) is 15.5. The van der Waals surface area contributed by atoms with Crippen LogP contribution < -0.4 is 14.2 Å². The van der Waals surface area contributed by atoms with Gasteiger partial charge in [0.25, 0.3) is 0 Å². The van der Waals surface area contributed by atoms with Crippen LogP contribution in [0.15, 0.2) is 48.5 Å². The van der Waals surface area contributed by atoms with Crippen LogP contribution in [0.25, 0.3) is 0 Å². The average Bonchev–Trinajstić information content (AvgIpc) is 2.72. The van der Waals surface area contributed by atoms with E-state index in [2.05, 4.69) is 17.0 Å². The Bertz CT molecular complexity index is 751. The summed E-state index contributed by atoms with van der Waals surface area (Å²) in [4.78, 5) is 2.48. The van der Waals surface area contributed by atoms with Crippen LogP contribution in [-0.2, 0) is 0 Å². The first kappa shape index (κ1) is 18.1. The van der Waals surface area contributed by atoms with Crippen LogP contribution in [0, 0.1) is 0 Å². The van der Waals surface area contributed by atoms with E-state index in [0.29, 0.717) is 19.1 Å². The van der Waals surface area contributed by atoms with Crippen molar-refractivity contribution in [3.05, 3.63) is 54.1 Å². The molecule has 5 nitrogen and oxygen atoms in total. The van der Waals surface area contributed by atoms with Crippen molar-refractivity contribution in [3.8, 4) is 17.2 Å². The largest absolute Gasteiger partial charge is 0.491 e. The molecule has 0 saturated carbocycles. The number of hydrogen-bond donors (Lipinski definition) is 1. The van der Waals surface area contributed by atoms with E-state index in [4.69, 9.17) is 19.3 Å². The van der Waals surface area contributed by atoms with Crippen LogP contribution in [0.4, 0.5) is 0 Å². The molecule has 1 N–H and O–H groups in total. The van der Waals surface area contributed by atoms with Crippen LogP contribution in [0.5, 0.6) is 17.2 Å². The average molecular weight is 369 g/mol. The lowest BCUT2D eigenvalue weighted by Gasteiger charge is -2.36. The van der Waals surface area contributed by atoms with Crippen molar-refractivity contribution in [3.63, 3.8) is 0 Å². The van der Waals surface area contributed by atoms with E-state index in [1.165, 1.54) is 18.4 Å². The molecule has 0 radical (unpaired) electrons. The second-order valence-corrected chi connectivity index (χ2v) is 7.24. The summed E-state index contributed by atoms with van der Waals surface area (Å²) in [5.74, 6) is 3.01. The van der Waals surface area contributed by atoms with Crippen molar-refractivity contribution >= 4 is 0 Å². The minimum Gasteiger partial charge on any atom is -0.491 e. The zero-order valence-corrected chi connectivity index (χ0v) is 15.5. The molecule has 0 bridgehead atoms. The molecule has 2 aromatic carbocycles. The molecular formula is C22H27NO4. The van der Waals surface area contributed by atoms with Crippen LogP contribution >= 0.6 is 0 Å². The molecule has 144 valence electrons. The predicted octanol–water partition coefficient (Wildman–Crippen LogP) is 3.08. The molecule has 0 aliphatic carbocycles. The quantitative estimate of drug-likeness (QED) is 0.848. The summed E-state index contributed by atoms with van der Waals surface area (Å²) >= 11 is 0. The summed E-state index contributed by atoms with van der Waals surface area (Å²) in [6.45, 7) is 3.96. The summed E-state index contributed by atoms with van der Waals surface area (Å²) < 4.78 is 17.6. The second kappa shape index (κ2) is 8.63. The van der Waals surface area contributed by atoms with Crippen LogP contribution in [0.1, 0.15) is 24.3 Å². The number of nitrogens with zero attached hydrogens (tertiary/aromatic N) is 1. The molecule has 2 unspecified atom stereocenters. The normalized spacial score (nSPS) is 22.4. The Balaban J connectivity index is 1.36. The first-order valence-corrected chi connectivity index (χ1v) is 9.76. The van der Waals surface area contributed by atoms with Gasteiger partial charge in [0.15, 0.2) is 11.5 Å². The fraction of sp³-hybridized carbons (Fsp3) is 0.455. The highest BCUT2D eigenvalue weighted by Crippen LogP contribution is 2.32. The number of aliphatic hydroxyl groups is 1. The van der Waals surface area contributed by atoms with E-state index in [1.807, 2.05) is 36.4 Å². The van der Waals surface area contributed by atoms with E-state index < -0.39 is 0 Å². The Morgan fingerprint density at radius 3 is 2.89 bits per heavy atom. The van der Waals surface area contributed by atoms with E-state index in [1.54, 1.807) is 0 Å². The number of rotatable bonds is 6. The van der Waals surface area contributed by atoms with E-state index >= 15 is 0 Å². The van der Waals surface area contributed by atoms with Gasteiger partial charge in [0.05, 0.1) is 6.61 Å². The number of fused-ring (bicyclic) bond motifs is 1. The smallest absolute Gasteiger partial charge is 0.161 e. The molecule has 2 atom stereocenters. The number of likely N-dealkylation sites (tertiary alicyclic amines) is 1. The third-order valence-corrected chi connectivity index (χ3v) is 5.22. The number of para-hydroxylation sites is 2. The summed E-state index contributed by atoms with van der Waals surface area (Å²) in [6.07, 6.45) is 2.43. The highest BCUT2D eigenvalue weighted by Gasteiger charge is 2.27. The maximum absolute atomic E-state index is 8.94. The molecule has 2 aromatic rings. The lowest BCUT2D eigenvalue weighted by molar-refractivity contribution is 0.0504.